The smallest absolute Gasteiger partial charge is 0.128 e. The topological polar surface area (TPSA) is 62.2 Å². The molecule has 0 saturated heterocycles. The number of rotatable bonds is 5. The standard InChI is InChI=1S/C17H13NO3S/c19-17(20)11-21-13-8-5-12(6-9-13)7-10-16-18-14-3-1-2-4-15(14)22-16/h1-10H,11H2,(H,19,20)/p-1/b10-7+. The van der Waals surface area contributed by atoms with Crippen molar-refractivity contribution in [3.8, 4) is 5.75 Å². The summed E-state index contributed by atoms with van der Waals surface area (Å²) in [7, 11) is 0. The van der Waals surface area contributed by atoms with Gasteiger partial charge in [0.15, 0.2) is 0 Å². The van der Waals surface area contributed by atoms with E-state index in [4.69, 9.17) is 4.74 Å². The maximum atomic E-state index is 10.3. The first kappa shape index (κ1) is 14.3. The normalized spacial score (nSPS) is 11.1. The van der Waals surface area contributed by atoms with Crippen molar-refractivity contribution in [2.24, 2.45) is 0 Å². The van der Waals surface area contributed by atoms with Crippen molar-refractivity contribution in [2.75, 3.05) is 6.61 Å². The second-order valence-electron chi connectivity index (χ2n) is 4.58. The van der Waals surface area contributed by atoms with E-state index < -0.39 is 12.6 Å². The maximum absolute atomic E-state index is 10.3. The number of hydrogen-bond donors (Lipinski definition) is 0. The van der Waals surface area contributed by atoms with Gasteiger partial charge in [0.05, 0.1) is 16.2 Å². The lowest BCUT2D eigenvalue weighted by Gasteiger charge is -2.06. The number of benzene rings is 2. The molecule has 0 bridgehead atoms. The number of hydrogen-bond acceptors (Lipinski definition) is 5. The van der Waals surface area contributed by atoms with Crippen LogP contribution in [0.2, 0.25) is 0 Å². The minimum absolute atomic E-state index is 0.444. The van der Waals surface area contributed by atoms with E-state index in [0.29, 0.717) is 5.75 Å². The summed E-state index contributed by atoms with van der Waals surface area (Å²) in [5.74, 6) is -0.735. The average Bonchev–Trinajstić information content (AvgIpc) is 2.95. The predicted molar refractivity (Wildman–Crippen MR) is 85.5 cm³/mol. The van der Waals surface area contributed by atoms with Crippen molar-refractivity contribution in [3.05, 3.63) is 59.1 Å². The second kappa shape index (κ2) is 6.41. The molecular weight excluding hydrogens is 298 g/mol. The van der Waals surface area contributed by atoms with Crippen LogP contribution >= 0.6 is 11.3 Å². The zero-order valence-corrected chi connectivity index (χ0v) is 12.4. The zero-order valence-electron chi connectivity index (χ0n) is 11.6. The largest absolute Gasteiger partial charge is 0.546 e. The van der Waals surface area contributed by atoms with E-state index in [1.165, 1.54) is 0 Å². The maximum Gasteiger partial charge on any atom is 0.128 e. The summed E-state index contributed by atoms with van der Waals surface area (Å²) in [6.45, 7) is -0.444. The SMILES string of the molecule is O=C([O-])COc1ccc(/C=C/c2nc3ccccc3s2)cc1. The van der Waals surface area contributed by atoms with Crippen molar-refractivity contribution in [1.29, 1.82) is 0 Å². The minimum atomic E-state index is -1.24. The van der Waals surface area contributed by atoms with Gasteiger partial charge in [-0.2, -0.15) is 0 Å². The summed E-state index contributed by atoms with van der Waals surface area (Å²) < 4.78 is 6.19. The molecule has 0 aliphatic heterocycles. The van der Waals surface area contributed by atoms with Crippen LogP contribution in [0.15, 0.2) is 48.5 Å². The lowest BCUT2D eigenvalue weighted by molar-refractivity contribution is -0.307. The van der Waals surface area contributed by atoms with Crippen LogP contribution in [0.1, 0.15) is 10.6 Å². The number of aliphatic carboxylic acids is 1. The molecule has 0 fully saturated rings. The summed E-state index contributed by atoms with van der Waals surface area (Å²) in [6, 6.07) is 15.2. The number of nitrogens with zero attached hydrogens (tertiary/aromatic N) is 1. The molecule has 0 N–H and O–H groups in total. The van der Waals surface area contributed by atoms with Gasteiger partial charge in [0, 0.05) is 0 Å². The molecular formula is C17H12NO3S-. The van der Waals surface area contributed by atoms with Crippen LogP contribution in [-0.4, -0.2) is 17.6 Å². The fraction of sp³-hybridized carbons (Fsp3) is 0.0588. The first-order chi connectivity index (χ1) is 10.7. The molecule has 0 saturated carbocycles. The van der Waals surface area contributed by atoms with E-state index in [-0.39, 0.29) is 0 Å². The number of carboxylic acid groups (broad SMARTS) is 1. The summed E-state index contributed by atoms with van der Waals surface area (Å²) in [5, 5.41) is 11.3. The third-order valence-corrected chi connectivity index (χ3v) is 3.97. The Balaban J connectivity index is 1.70. The van der Waals surface area contributed by atoms with E-state index >= 15 is 0 Å². The van der Waals surface area contributed by atoms with Gasteiger partial charge in [-0.1, -0.05) is 30.3 Å². The molecule has 4 nitrogen and oxygen atoms in total. The summed E-state index contributed by atoms with van der Waals surface area (Å²) >= 11 is 1.64. The number of thiazole rings is 1. The van der Waals surface area contributed by atoms with Crippen molar-refractivity contribution >= 4 is 39.7 Å². The molecule has 3 aromatic rings. The Morgan fingerprint density at radius 2 is 1.91 bits per heavy atom. The molecule has 2 aromatic carbocycles. The quantitative estimate of drug-likeness (QED) is 0.726. The predicted octanol–water partition coefficient (Wildman–Crippen LogP) is 2.60. The average molecular weight is 310 g/mol. The Morgan fingerprint density at radius 1 is 1.14 bits per heavy atom. The molecule has 0 atom stereocenters. The highest BCUT2D eigenvalue weighted by atomic mass is 32.1. The van der Waals surface area contributed by atoms with Gasteiger partial charge in [-0.15, -0.1) is 11.3 Å². The van der Waals surface area contributed by atoms with Gasteiger partial charge in [-0.3, -0.25) is 0 Å². The van der Waals surface area contributed by atoms with E-state index in [9.17, 15) is 9.90 Å². The van der Waals surface area contributed by atoms with Crippen LogP contribution in [0.25, 0.3) is 22.4 Å². The number of carbonyl (C=O) groups is 1. The van der Waals surface area contributed by atoms with E-state index in [0.717, 1.165) is 20.8 Å². The Morgan fingerprint density at radius 3 is 2.64 bits per heavy atom. The van der Waals surface area contributed by atoms with Crippen LogP contribution < -0.4 is 9.84 Å². The molecule has 0 unspecified atom stereocenters. The van der Waals surface area contributed by atoms with Crippen LogP contribution in [0.4, 0.5) is 0 Å². The number of ether oxygens (including phenoxy) is 1. The Labute approximate surface area is 131 Å². The highest BCUT2D eigenvalue weighted by molar-refractivity contribution is 7.19. The molecule has 1 aromatic heterocycles. The van der Waals surface area contributed by atoms with Crippen molar-refractivity contribution in [2.45, 2.75) is 0 Å². The molecule has 1 heterocycles. The highest BCUT2D eigenvalue weighted by Gasteiger charge is 1.99. The van der Waals surface area contributed by atoms with Crippen molar-refractivity contribution < 1.29 is 14.6 Å². The molecule has 0 radical (unpaired) electrons. The van der Waals surface area contributed by atoms with Crippen LogP contribution in [0, 0.1) is 0 Å². The van der Waals surface area contributed by atoms with Gasteiger partial charge in [-0.25, -0.2) is 4.98 Å². The molecule has 0 aliphatic rings. The first-order valence-corrected chi connectivity index (χ1v) is 7.49. The van der Waals surface area contributed by atoms with E-state index in [2.05, 4.69) is 4.98 Å². The molecule has 110 valence electrons. The fourth-order valence-electron chi connectivity index (χ4n) is 1.95. The zero-order chi connectivity index (χ0) is 15.4. The third-order valence-electron chi connectivity index (χ3n) is 2.97. The lowest BCUT2D eigenvalue weighted by atomic mass is 10.2. The summed E-state index contributed by atoms with van der Waals surface area (Å²) in [4.78, 5) is 14.8. The Bertz CT molecular complexity index is 788. The molecule has 3 rings (SSSR count). The molecule has 0 aliphatic carbocycles. The van der Waals surface area contributed by atoms with Gasteiger partial charge < -0.3 is 14.6 Å². The molecule has 0 amide bonds. The van der Waals surface area contributed by atoms with Gasteiger partial charge >= 0.3 is 0 Å². The number of para-hydroxylation sites is 1. The number of fused-ring (bicyclic) bond motifs is 1. The minimum Gasteiger partial charge on any atom is -0.546 e. The molecule has 0 spiro atoms. The van der Waals surface area contributed by atoms with Gasteiger partial charge in [0.1, 0.15) is 17.4 Å². The molecule has 5 heteroatoms. The lowest BCUT2D eigenvalue weighted by Crippen LogP contribution is -2.28. The van der Waals surface area contributed by atoms with Crippen LogP contribution in [0.5, 0.6) is 5.75 Å². The van der Waals surface area contributed by atoms with Gasteiger partial charge in [0.2, 0.25) is 0 Å². The van der Waals surface area contributed by atoms with Gasteiger partial charge in [-0.05, 0) is 35.9 Å². The monoisotopic (exact) mass is 310 g/mol. The number of carbonyl (C=O) groups excluding carboxylic acids is 1. The highest BCUT2D eigenvalue weighted by Crippen LogP contribution is 2.23. The van der Waals surface area contributed by atoms with E-state index in [1.807, 2.05) is 48.6 Å². The first-order valence-electron chi connectivity index (χ1n) is 6.67. The molecule has 22 heavy (non-hydrogen) atoms. The number of aromatic nitrogens is 1. The summed E-state index contributed by atoms with van der Waals surface area (Å²) in [6.07, 6.45) is 3.92. The third kappa shape index (κ3) is 3.51. The fourth-order valence-corrected chi connectivity index (χ4v) is 2.82. The van der Waals surface area contributed by atoms with Gasteiger partial charge in [0.25, 0.3) is 0 Å². The Hall–Kier alpha value is -2.66. The second-order valence-corrected chi connectivity index (χ2v) is 5.65. The van der Waals surface area contributed by atoms with E-state index in [1.54, 1.807) is 23.5 Å². The Kier molecular flexibility index (Phi) is 4.16. The summed E-state index contributed by atoms with van der Waals surface area (Å²) in [5.41, 5.74) is 1.98. The van der Waals surface area contributed by atoms with Crippen LogP contribution in [-0.2, 0) is 4.79 Å². The van der Waals surface area contributed by atoms with Crippen molar-refractivity contribution in [1.82, 2.24) is 4.98 Å². The van der Waals surface area contributed by atoms with Crippen molar-refractivity contribution in [3.63, 3.8) is 0 Å². The number of carboxylic acids is 1. The van der Waals surface area contributed by atoms with Crippen LogP contribution in [0.3, 0.4) is 0 Å².